The normalized spacial score (nSPS) is 18.1. The highest BCUT2D eigenvalue weighted by Crippen LogP contribution is 2.26. The van der Waals surface area contributed by atoms with Crippen LogP contribution in [-0.2, 0) is 18.3 Å². The minimum absolute atomic E-state index is 0.225. The summed E-state index contributed by atoms with van der Waals surface area (Å²) in [5.74, 6) is 0. The van der Waals surface area contributed by atoms with Crippen LogP contribution in [0.5, 0.6) is 0 Å². The molecule has 0 aliphatic heterocycles. The predicted octanol–water partition coefficient (Wildman–Crippen LogP) is 4.95. The van der Waals surface area contributed by atoms with E-state index in [-0.39, 0.29) is 5.41 Å². The van der Waals surface area contributed by atoms with Crippen LogP contribution in [0.15, 0.2) is 48.5 Å². The second kappa shape index (κ2) is 5.55. The topological polar surface area (TPSA) is 12.0 Å². The molecular weight excluding hydrogens is 254 g/mol. The van der Waals surface area contributed by atoms with Gasteiger partial charge in [-0.15, -0.1) is 0 Å². The SMILES string of the molecule is CC(C)(C)c1ccc(NC2CCc3ccccc3C2)cc1. The Balaban J connectivity index is 1.68. The summed E-state index contributed by atoms with van der Waals surface area (Å²) in [4.78, 5) is 0. The van der Waals surface area contributed by atoms with Gasteiger partial charge in [0.05, 0.1) is 0 Å². The number of nitrogens with one attached hydrogen (secondary N) is 1. The number of hydrogen-bond acceptors (Lipinski definition) is 1. The lowest BCUT2D eigenvalue weighted by molar-refractivity contribution is 0.589. The average molecular weight is 279 g/mol. The zero-order chi connectivity index (χ0) is 14.9. The Labute approximate surface area is 128 Å². The maximum absolute atomic E-state index is 3.70. The van der Waals surface area contributed by atoms with E-state index in [9.17, 15) is 0 Å². The van der Waals surface area contributed by atoms with Crippen molar-refractivity contribution in [1.29, 1.82) is 0 Å². The van der Waals surface area contributed by atoms with Gasteiger partial charge < -0.3 is 5.32 Å². The van der Waals surface area contributed by atoms with Gasteiger partial charge in [-0.25, -0.2) is 0 Å². The van der Waals surface area contributed by atoms with E-state index in [0.29, 0.717) is 6.04 Å². The van der Waals surface area contributed by atoms with Gasteiger partial charge in [-0.2, -0.15) is 0 Å². The van der Waals surface area contributed by atoms with Gasteiger partial charge >= 0.3 is 0 Å². The summed E-state index contributed by atoms with van der Waals surface area (Å²) >= 11 is 0. The van der Waals surface area contributed by atoms with Crippen molar-refractivity contribution >= 4 is 5.69 Å². The number of benzene rings is 2. The number of fused-ring (bicyclic) bond motifs is 1. The average Bonchev–Trinajstić information content (AvgIpc) is 2.47. The van der Waals surface area contributed by atoms with E-state index < -0.39 is 0 Å². The van der Waals surface area contributed by atoms with Crippen molar-refractivity contribution in [3.8, 4) is 0 Å². The van der Waals surface area contributed by atoms with Gasteiger partial charge in [-0.05, 0) is 53.5 Å². The van der Waals surface area contributed by atoms with E-state index in [2.05, 4.69) is 74.6 Å². The molecule has 2 aromatic carbocycles. The first-order valence-electron chi connectivity index (χ1n) is 7.96. The van der Waals surface area contributed by atoms with Crippen molar-refractivity contribution in [1.82, 2.24) is 0 Å². The molecule has 1 heteroatoms. The third-order valence-corrected chi connectivity index (χ3v) is 4.47. The summed E-state index contributed by atoms with van der Waals surface area (Å²) < 4.78 is 0. The number of hydrogen-bond donors (Lipinski definition) is 1. The Morgan fingerprint density at radius 2 is 1.57 bits per heavy atom. The zero-order valence-electron chi connectivity index (χ0n) is 13.3. The van der Waals surface area contributed by atoms with Gasteiger partial charge in [0.2, 0.25) is 0 Å². The quantitative estimate of drug-likeness (QED) is 0.820. The van der Waals surface area contributed by atoms with E-state index in [1.54, 1.807) is 0 Å². The fourth-order valence-corrected chi connectivity index (χ4v) is 3.12. The van der Waals surface area contributed by atoms with Crippen LogP contribution in [0.25, 0.3) is 0 Å². The highest BCUT2D eigenvalue weighted by atomic mass is 14.9. The number of rotatable bonds is 2. The number of aryl methyl sites for hydroxylation is 1. The van der Waals surface area contributed by atoms with Gasteiger partial charge in [0.15, 0.2) is 0 Å². The molecule has 0 amide bonds. The van der Waals surface area contributed by atoms with Crippen molar-refractivity contribution < 1.29 is 0 Å². The first kappa shape index (κ1) is 14.2. The first-order chi connectivity index (χ1) is 10.0. The Morgan fingerprint density at radius 3 is 2.24 bits per heavy atom. The minimum Gasteiger partial charge on any atom is -0.382 e. The summed E-state index contributed by atoms with van der Waals surface area (Å²) in [7, 11) is 0. The predicted molar refractivity (Wildman–Crippen MR) is 91.0 cm³/mol. The van der Waals surface area contributed by atoms with Crippen LogP contribution < -0.4 is 5.32 Å². The van der Waals surface area contributed by atoms with Crippen LogP contribution in [0.4, 0.5) is 5.69 Å². The van der Waals surface area contributed by atoms with E-state index in [1.807, 2.05) is 0 Å². The molecule has 1 aliphatic carbocycles. The molecule has 0 radical (unpaired) electrons. The molecule has 0 heterocycles. The Kier molecular flexibility index (Phi) is 3.75. The smallest absolute Gasteiger partial charge is 0.0342 e. The molecule has 3 rings (SSSR count). The maximum Gasteiger partial charge on any atom is 0.0342 e. The van der Waals surface area contributed by atoms with E-state index in [0.717, 1.165) is 6.42 Å². The van der Waals surface area contributed by atoms with Crippen LogP contribution in [0.3, 0.4) is 0 Å². The van der Waals surface area contributed by atoms with Crippen molar-refractivity contribution in [3.63, 3.8) is 0 Å². The van der Waals surface area contributed by atoms with E-state index >= 15 is 0 Å². The highest BCUT2D eigenvalue weighted by molar-refractivity contribution is 5.47. The Hall–Kier alpha value is -1.76. The third-order valence-electron chi connectivity index (χ3n) is 4.47. The van der Waals surface area contributed by atoms with Gasteiger partial charge in [0, 0.05) is 11.7 Å². The fraction of sp³-hybridized carbons (Fsp3) is 0.400. The molecule has 1 N–H and O–H groups in total. The molecule has 0 aromatic heterocycles. The lowest BCUT2D eigenvalue weighted by Crippen LogP contribution is -2.27. The second-order valence-corrected chi connectivity index (χ2v) is 7.18. The molecule has 0 spiro atoms. The monoisotopic (exact) mass is 279 g/mol. The molecule has 0 bridgehead atoms. The highest BCUT2D eigenvalue weighted by Gasteiger charge is 2.18. The van der Waals surface area contributed by atoms with Crippen LogP contribution in [-0.4, -0.2) is 6.04 Å². The second-order valence-electron chi connectivity index (χ2n) is 7.18. The van der Waals surface area contributed by atoms with Crippen molar-refractivity contribution in [2.24, 2.45) is 0 Å². The molecule has 21 heavy (non-hydrogen) atoms. The lowest BCUT2D eigenvalue weighted by Gasteiger charge is -2.27. The van der Waals surface area contributed by atoms with Gasteiger partial charge in [0.25, 0.3) is 0 Å². The number of anilines is 1. The molecule has 1 nitrogen and oxygen atoms in total. The molecule has 1 atom stereocenters. The molecule has 1 unspecified atom stereocenters. The van der Waals surface area contributed by atoms with E-state index in [4.69, 9.17) is 0 Å². The van der Waals surface area contributed by atoms with Crippen molar-refractivity contribution in [2.45, 2.75) is 51.5 Å². The van der Waals surface area contributed by atoms with Gasteiger partial charge in [-0.3, -0.25) is 0 Å². The Morgan fingerprint density at radius 1 is 0.905 bits per heavy atom. The summed E-state index contributed by atoms with van der Waals surface area (Å²) in [5.41, 5.74) is 5.89. The van der Waals surface area contributed by atoms with Gasteiger partial charge in [-0.1, -0.05) is 57.2 Å². The molecule has 0 fully saturated rings. The largest absolute Gasteiger partial charge is 0.382 e. The summed E-state index contributed by atoms with van der Waals surface area (Å²) in [5, 5.41) is 3.70. The molecule has 2 aromatic rings. The maximum atomic E-state index is 3.70. The zero-order valence-corrected chi connectivity index (χ0v) is 13.3. The van der Waals surface area contributed by atoms with Crippen LogP contribution in [0.1, 0.15) is 43.9 Å². The van der Waals surface area contributed by atoms with Crippen molar-refractivity contribution in [3.05, 3.63) is 65.2 Å². The Bertz CT molecular complexity index is 604. The molecule has 110 valence electrons. The van der Waals surface area contributed by atoms with Crippen LogP contribution >= 0.6 is 0 Å². The van der Waals surface area contributed by atoms with E-state index in [1.165, 1.54) is 35.2 Å². The molecule has 0 saturated carbocycles. The lowest BCUT2D eigenvalue weighted by atomic mass is 9.86. The first-order valence-corrected chi connectivity index (χ1v) is 7.96. The summed E-state index contributed by atoms with van der Waals surface area (Å²) in [6.45, 7) is 6.77. The fourth-order valence-electron chi connectivity index (χ4n) is 3.12. The minimum atomic E-state index is 0.225. The third kappa shape index (κ3) is 3.29. The standard InChI is InChI=1S/C20H25N/c1-20(2,3)17-9-12-18(13-10-17)21-19-11-8-15-6-4-5-7-16(15)14-19/h4-7,9-10,12-13,19,21H,8,11,14H2,1-3H3. The summed E-state index contributed by atoms with van der Waals surface area (Å²) in [6.07, 6.45) is 3.54. The van der Waals surface area contributed by atoms with Crippen LogP contribution in [0.2, 0.25) is 0 Å². The van der Waals surface area contributed by atoms with Crippen molar-refractivity contribution in [2.75, 3.05) is 5.32 Å². The van der Waals surface area contributed by atoms with Crippen LogP contribution in [0, 0.1) is 0 Å². The molecule has 1 aliphatic rings. The molecular formula is C20H25N. The van der Waals surface area contributed by atoms with Gasteiger partial charge in [0.1, 0.15) is 0 Å². The summed E-state index contributed by atoms with van der Waals surface area (Å²) in [6, 6.07) is 18.3. The molecule has 0 saturated heterocycles.